The van der Waals surface area contributed by atoms with Gasteiger partial charge >= 0.3 is 0 Å². The van der Waals surface area contributed by atoms with E-state index in [0.717, 1.165) is 57.7 Å². The first kappa shape index (κ1) is 19.4. The average molecular weight is 404 g/mol. The Labute approximate surface area is 170 Å². The van der Waals surface area contributed by atoms with E-state index in [1.54, 1.807) is 0 Å². The Bertz CT molecular complexity index is 801. The predicted molar refractivity (Wildman–Crippen MR) is 107 cm³/mol. The summed E-state index contributed by atoms with van der Waals surface area (Å²) in [6.07, 6.45) is 1.98. The number of amides is 1. The molecular weight excluding hydrogens is 378 g/mol. The van der Waals surface area contributed by atoms with Crippen molar-refractivity contribution in [2.75, 3.05) is 46.3 Å². The predicted octanol–water partition coefficient (Wildman–Crippen LogP) is 2.38. The molecule has 0 bridgehead atoms. The van der Waals surface area contributed by atoms with Crippen molar-refractivity contribution in [1.82, 2.24) is 24.8 Å². The number of hydrogen-bond donors (Lipinski definition) is 0. The fourth-order valence-corrected chi connectivity index (χ4v) is 4.04. The van der Waals surface area contributed by atoms with Crippen LogP contribution in [0.5, 0.6) is 0 Å². The second-order valence-electron chi connectivity index (χ2n) is 7.72. The van der Waals surface area contributed by atoms with Crippen LogP contribution in [0.15, 0.2) is 28.8 Å². The Hall–Kier alpha value is -1.96. The molecule has 2 aromatic rings. The van der Waals surface area contributed by atoms with Gasteiger partial charge in [0.05, 0.1) is 12.5 Å². The Balaban J connectivity index is 1.35. The zero-order valence-corrected chi connectivity index (χ0v) is 16.9. The molecule has 3 heterocycles. The van der Waals surface area contributed by atoms with Gasteiger partial charge in [0.25, 0.3) is 0 Å². The van der Waals surface area contributed by atoms with Crippen molar-refractivity contribution < 1.29 is 9.32 Å². The van der Waals surface area contributed by atoms with E-state index in [1.807, 2.05) is 29.2 Å². The highest BCUT2D eigenvalue weighted by atomic mass is 35.5. The first-order valence-corrected chi connectivity index (χ1v) is 10.2. The summed E-state index contributed by atoms with van der Waals surface area (Å²) in [5.41, 5.74) is 0.876. The zero-order chi connectivity index (χ0) is 19.5. The van der Waals surface area contributed by atoms with Crippen molar-refractivity contribution in [3.05, 3.63) is 35.2 Å². The van der Waals surface area contributed by atoms with Crippen LogP contribution < -0.4 is 0 Å². The number of benzene rings is 1. The van der Waals surface area contributed by atoms with Gasteiger partial charge in [0.15, 0.2) is 0 Å². The van der Waals surface area contributed by atoms with Crippen LogP contribution in [0.2, 0.25) is 5.02 Å². The molecule has 0 spiro atoms. The van der Waals surface area contributed by atoms with Crippen molar-refractivity contribution in [2.45, 2.75) is 19.4 Å². The molecule has 0 saturated carbocycles. The summed E-state index contributed by atoms with van der Waals surface area (Å²) in [5, 5.41) is 4.76. The number of likely N-dealkylation sites (tertiary alicyclic amines) is 1. The quantitative estimate of drug-likeness (QED) is 0.780. The molecule has 0 radical (unpaired) electrons. The molecule has 8 heteroatoms. The van der Waals surface area contributed by atoms with Crippen molar-refractivity contribution in [2.24, 2.45) is 5.92 Å². The molecule has 28 heavy (non-hydrogen) atoms. The Morgan fingerprint density at radius 2 is 1.93 bits per heavy atom. The fraction of sp³-hybridized carbons (Fsp3) is 0.550. The number of nitrogens with zero attached hydrogens (tertiary/aromatic N) is 5. The van der Waals surface area contributed by atoms with Crippen LogP contribution in [0.3, 0.4) is 0 Å². The van der Waals surface area contributed by atoms with Gasteiger partial charge in [0.2, 0.25) is 17.6 Å². The molecule has 1 atom stereocenters. The summed E-state index contributed by atoms with van der Waals surface area (Å²) in [6.45, 7) is 5.86. The molecule has 7 nitrogen and oxygen atoms in total. The monoisotopic (exact) mass is 403 g/mol. The van der Waals surface area contributed by atoms with Crippen LogP contribution in [-0.2, 0) is 11.3 Å². The topological polar surface area (TPSA) is 65.7 Å². The SMILES string of the molecule is CN1CCN(C(=O)C2CCCN(Cc3nc(-c4ccc(Cl)cc4)no3)C2)CC1. The van der Waals surface area contributed by atoms with Crippen LogP contribution in [0.25, 0.3) is 11.4 Å². The Kier molecular flexibility index (Phi) is 5.94. The molecular formula is C20H26ClN5O2. The summed E-state index contributed by atoms with van der Waals surface area (Å²) in [4.78, 5) is 23.9. The van der Waals surface area contributed by atoms with Crippen LogP contribution in [-0.4, -0.2) is 77.1 Å². The average Bonchev–Trinajstić information content (AvgIpc) is 3.17. The maximum absolute atomic E-state index is 12.9. The molecule has 2 fully saturated rings. The molecule has 1 aromatic heterocycles. The first-order valence-electron chi connectivity index (χ1n) is 9.87. The highest BCUT2D eigenvalue weighted by molar-refractivity contribution is 6.30. The molecule has 2 aliphatic heterocycles. The molecule has 0 N–H and O–H groups in total. The summed E-state index contributed by atoms with van der Waals surface area (Å²) in [5.74, 6) is 1.51. The number of piperazine rings is 1. The summed E-state index contributed by atoms with van der Waals surface area (Å²) in [7, 11) is 2.10. The van der Waals surface area contributed by atoms with Gasteiger partial charge < -0.3 is 14.3 Å². The lowest BCUT2D eigenvalue weighted by atomic mass is 9.96. The molecule has 2 saturated heterocycles. The number of carbonyl (C=O) groups excluding carboxylic acids is 1. The van der Waals surface area contributed by atoms with Crippen molar-refractivity contribution in [3.8, 4) is 11.4 Å². The molecule has 2 aliphatic rings. The van der Waals surface area contributed by atoms with Gasteiger partial charge in [-0.1, -0.05) is 16.8 Å². The maximum Gasteiger partial charge on any atom is 0.241 e. The number of piperidine rings is 1. The second kappa shape index (κ2) is 8.59. The van der Waals surface area contributed by atoms with Gasteiger partial charge in [-0.25, -0.2) is 0 Å². The fourth-order valence-electron chi connectivity index (χ4n) is 3.91. The van der Waals surface area contributed by atoms with E-state index in [0.29, 0.717) is 29.2 Å². The number of aromatic nitrogens is 2. The summed E-state index contributed by atoms with van der Waals surface area (Å²) in [6, 6.07) is 7.38. The number of carbonyl (C=O) groups is 1. The van der Waals surface area contributed by atoms with E-state index in [-0.39, 0.29) is 5.92 Å². The van der Waals surface area contributed by atoms with Crippen LogP contribution in [0.4, 0.5) is 0 Å². The standard InChI is InChI=1S/C20H26ClN5O2/c1-24-9-11-26(12-10-24)20(27)16-3-2-8-25(13-16)14-18-22-19(23-28-18)15-4-6-17(21)7-5-15/h4-7,16H,2-3,8-14H2,1H3. The largest absolute Gasteiger partial charge is 0.340 e. The molecule has 1 amide bonds. The van der Waals surface area contributed by atoms with Crippen LogP contribution in [0.1, 0.15) is 18.7 Å². The summed E-state index contributed by atoms with van der Waals surface area (Å²) >= 11 is 5.93. The van der Waals surface area contributed by atoms with E-state index in [4.69, 9.17) is 16.1 Å². The van der Waals surface area contributed by atoms with Crippen molar-refractivity contribution >= 4 is 17.5 Å². The van der Waals surface area contributed by atoms with Gasteiger partial charge in [-0.05, 0) is 50.7 Å². The number of hydrogen-bond acceptors (Lipinski definition) is 6. The number of halogens is 1. The Morgan fingerprint density at radius 3 is 2.68 bits per heavy atom. The Morgan fingerprint density at radius 1 is 1.18 bits per heavy atom. The lowest BCUT2D eigenvalue weighted by molar-refractivity contribution is -0.139. The third kappa shape index (κ3) is 4.54. The van der Waals surface area contributed by atoms with Crippen LogP contribution in [0, 0.1) is 5.92 Å². The van der Waals surface area contributed by atoms with Gasteiger partial charge in [-0.2, -0.15) is 4.98 Å². The van der Waals surface area contributed by atoms with Gasteiger partial charge in [-0.3, -0.25) is 9.69 Å². The van der Waals surface area contributed by atoms with Gasteiger partial charge in [0.1, 0.15) is 0 Å². The molecule has 1 aromatic carbocycles. The third-order valence-electron chi connectivity index (χ3n) is 5.60. The minimum Gasteiger partial charge on any atom is -0.340 e. The van der Waals surface area contributed by atoms with Crippen molar-refractivity contribution in [1.29, 1.82) is 0 Å². The highest BCUT2D eigenvalue weighted by Crippen LogP contribution is 2.23. The van der Waals surface area contributed by atoms with E-state index in [9.17, 15) is 4.79 Å². The third-order valence-corrected chi connectivity index (χ3v) is 5.85. The van der Waals surface area contributed by atoms with E-state index >= 15 is 0 Å². The molecule has 4 rings (SSSR count). The molecule has 150 valence electrons. The van der Waals surface area contributed by atoms with E-state index in [1.165, 1.54) is 0 Å². The molecule has 0 aliphatic carbocycles. The van der Waals surface area contributed by atoms with E-state index < -0.39 is 0 Å². The first-order chi connectivity index (χ1) is 13.6. The highest BCUT2D eigenvalue weighted by Gasteiger charge is 2.31. The van der Waals surface area contributed by atoms with Gasteiger partial charge in [-0.15, -0.1) is 0 Å². The van der Waals surface area contributed by atoms with Crippen molar-refractivity contribution in [3.63, 3.8) is 0 Å². The lowest BCUT2D eigenvalue weighted by Gasteiger charge is -2.37. The summed E-state index contributed by atoms with van der Waals surface area (Å²) < 4.78 is 5.44. The second-order valence-corrected chi connectivity index (χ2v) is 8.16. The zero-order valence-electron chi connectivity index (χ0n) is 16.2. The van der Waals surface area contributed by atoms with Gasteiger partial charge in [0, 0.05) is 43.3 Å². The minimum absolute atomic E-state index is 0.0656. The molecule has 1 unspecified atom stereocenters. The normalized spacial score (nSPS) is 21.8. The number of likely N-dealkylation sites (N-methyl/N-ethyl adjacent to an activating group) is 1. The minimum atomic E-state index is 0.0656. The van der Waals surface area contributed by atoms with Crippen LogP contribution >= 0.6 is 11.6 Å². The smallest absolute Gasteiger partial charge is 0.241 e. The lowest BCUT2D eigenvalue weighted by Crippen LogP contribution is -2.51. The number of rotatable bonds is 4. The van der Waals surface area contributed by atoms with E-state index in [2.05, 4.69) is 27.0 Å². The maximum atomic E-state index is 12.9.